The molecule has 1 aliphatic heterocycles. The molecule has 14 heavy (non-hydrogen) atoms. The Bertz CT molecular complexity index is 343. The lowest BCUT2D eigenvalue weighted by molar-refractivity contribution is -0.109. The number of nitrogens with one attached hydrogen (secondary N) is 1. The largest absolute Gasteiger partial charge is 0.308 e. The lowest BCUT2D eigenvalue weighted by Gasteiger charge is -2.18. The highest BCUT2D eigenvalue weighted by molar-refractivity contribution is 5.60. The summed E-state index contributed by atoms with van der Waals surface area (Å²) in [5.41, 5.74) is 3.74. The Labute approximate surface area is 81.5 Å². The molecule has 0 radical (unpaired) electrons. The van der Waals surface area contributed by atoms with Crippen molar-refractivity contribution in [3.05, 3.63) is 30.1 Å². The van der Waals surface area contributed by atoms with Crippen LogP contribution in [-0.4, -0.2) is 18.9 Å². The van der Waals surface area contributed by atoms with Crippen LogP contribution < -0.4 is 10.4 Å². The number of aldehydes is 1. The van der Waals surface area contributed by atoms with Gasteiger partial charge in [0.15, 0.2) is 0 Å². The van der Waals surface area contributed by atoms with Crippen LogP contribution in [0.5, 0.6) is 0 Å². The molecular formula is C10H11FN2O. The molecule has 4 heteroatoms. The van der Waals surface area contributed by atoms with Crippen LogP contribution in [0, 0.1) is 5.82 Å². The highest BCUT2D eigenvalue weighted by Crippen LogP contribution is 2.17. The van der Waals surface area contributed by atoms with E-state index in [9.17, 15) is 9.18 Å². The van der Waals surface area contributed by atoms with Gasteiger partial charge in [0.05, 0.1) is 11.7 Å². The number of rotatable bonds is 2. The number of benzene rings is 1. The van der Waals surface area contributed by atoms with Crippen LogP contribution in [-0.2, 0) is 4.79 Å². The minimum atomic E-state index is -0.265. The maximum atomic E-state index is 12.9. The third kappa shape index (κ3) is 1.75. The van der Waals surface area contributed by atoms with E-state index in [1.54, 1.807) is 11.1 Å². The second-order valence-electron chi connectivity index (χ2n) is 3.29. The monoisotopic (exact) mass is 194 g/mol. The van der Waals surface area contributed by atoms with E-state index in [0.29, 0.717) is 0 Å². The zero-order chi connectivity index (χ0) is 9.97. The van der Waals surface area contributed by atoms with Gasteiger partial charge in [0, 0.05) is 6.54 Å². The number of hydrogen-bond donors (Lipinski definition) is 1. The van der Waals surface area contributed by atoms with Crippen molar-refractivity contribution in [1.29, 1.82) is 0 Å². The zero-order valence-electron chi connectivity index (χ0n) is 7.61. The Morgan fingerprint density at radius 1 is 1.57 bits per heavy atom. The maximum Gasteiger partial charge on any atom is 0.138 e. The van der Waals surface area contributed by atoms with Crippen LogP contribution in [0.1, 0.15) is 6.42 Å². The number of carbonyl (C=O) groups is 1. The van der Waals surface area contributed by atoms with Crippen LogP contribution in [0.2, 0.25) is 0 Å². The molecule has 2 rings (SSSR count). The van der Waals surface area contributed by atoms with Gasteiger partial charge in [-0.05, 0) is 24.6 Å². The van der Waals surface area contributed by atoms with Gasteiger partial charge >= 0.3 is 0 Å². The molecular weight excluding hydrogens is 183 g/mol. The molecule has 1 fully saturated rings. The fraction of sp³-hybridized carbons (Fsp3) is 0.300. The van der Waals surface area contributed by atoms with E-state index in [1.165, 1.54) is 12.1 Å². The number of anilines is 1. The van der Waals surface area contributed by atoms with E-state index in [0.717, 1.165) is 24.9 Å². The summed E-state index contributed by atoms with van der Waals surface area (Å²) in [5, 5.41) is 1.79. The Morgan fingerprint density at radius 2 is 2.43 bits per heavy atom. The van der Waals surface area contributed by atoms with Crippen molar-refractivity contribution in [2.45, 2.75) is 12.5 Å². The quantitative estimate of drug-likeness (QED) is 0.716. The molecule has 0 saturated carbocycles. The molecule has 1 aromatic rings. The summed E-state index contributed by atoms with van der Waals surface area (Å²) in [6.07, 6.45) is 1.64. The number of halogens is 1. The first-order chi connectivity index (χ1) is 6.79. The van der Waals surface area contributed by atoms with Gasteiger partial charge in [-0.3, -0.25) is 0 Å². The summed E-state index contributed by atoms with van der Waals surface area (Å²) in [7, 11) is 0. The molecule has 1 saturated heterocycles. The summed E-state index contributed by atoms with van der Waals surface area (Å²) < 4.78 is 12.9. The van der Waals surface area contributed by atoms with Gasteiger partial charge in [-0.15, -0.1) is 0 Å². The van der Waals surface area contributed by atoms with Crippen molar-refractivity contribution in [3.63, 3.8) is 0 Å². The van der Waals surface area contributed by atoms with Crippen molar-refractivity contribution in [2.24, 2.45) is 0 Å². The van der Waals surface area contributed by atoms with Crippen LogP contribution >= 0.6 is 0 Å². The van der Waals surface area contributed by atoms with Gasteiger partial charge < -0.3 is 9.80 Å². The van der Waals surface area contributed by atoms with E-state index in [-0.39, 0.29) is 11.9 Å². The predicted molar refractivity (Wildman–Crippen MR) is 51.4 cm³/mol. The minimum absolute atomic E-state index is 0.140. The highest BCUT2D eigenvalue weighted by atomic mass is 19.1. The smallest absolute Gasteiger partial charge is 0.138 e. The first kappa shape index (κ1) is 9.15. The number of nitrogens with zero attached hydrogens (tertiary/aromatic N) is 1. The van der Waals surface area contributed by atoms with Crippen LogP contribution in [0.4, 0.5) is 10.1 Å². The summed E-state index contributed by atoms with van der Waals surface area (Å²) in [6, 6.07) is 6.17. The van der Waals surface area contributed by atoms with Crippen LogP contribution in [0.25, 0.3) is 0 Å². The average Bonchev–Trinajstić information content (AvgIpc) is 2.66. The zero-order valence-corrected chi connectivity index (χ0v) is 7.61. The standard InChI is InChI=1S/C10H11FN2O/c11-8-2-1-3-10(6-8)13-5-4-9(7-14)12-13/h1-3,6-7,9,12H,4-5H2. The molecule has 0 aromatic heterocycles. The molecule has 1 unspecified atom stereocenters. The molecule has 0 aliphatic carbocycles. The summed E-state index contributed by atoms with van der Waals surface area (Å²) in [5.74, 6) is -0.265. The fourth-order valence-corrected chi connectivity index (χ4v) is 1.54. The van der Waals surface area contributed by atoms with Crippen molar-refractivity contribution in [1.82, 2.24) is 5.43 Å². The number of hydrogen-bond acceptors (Lipinski definition) is 3. The summed E-state index contributed by atoms with van der Waals surface area (Å²) in [6.45, 7) is 0.729. The van der Waals surface area contributed by atoms with Gasteiger partial charge in [0.1, 0.15) is 12.1 Å². The Kier molecular flexibility index (Phi) is 2.45. The lowest BCUT2D eigenvalue weighted by atomic mass is 10.2. The lowest BCUT2D eigenvalue weighted by Crippen LogP contribution is -2.36. The summed E-state index contributed by atoms with van der Waals surface area (Å²) >= 11 is 0. The molecule has 1 N–H and O–H groups in total. The fourth-order valence-electron chi connectivity index (χ4n) is 1.54. The molecule has 1 atom stereocenters. The van der Waals surface area contributed by atoms with E-state index in [1.807, 2.05) is 6.07 Å². The van der Waals surface area contributed by atoms with Gasteiger partial charge in [-0.2, -0.15) is 0 Å². The molecule has 0 spiro atoms. The van der Waals surface area contributed by atoms with E-state index in [4.69, 9.17) is 0 Å². The first-order valence-corrected chi connectivity index (χ1v) is 4.54. The van der Waals surface area contributed by atoms with E-state index in [2.05, 4.69) is 5.43 Å². The Morgan fingerprint density at radius 3 is 3.07 bits per heavy atom. The SMILES string of the molecule is O=CC1CCN(c2cccc(F)c2)N1. The van der Waals surface area contributed by atoms with Gasteiger partial charge in [0.25, 0.3) is 0 Å². The van der Waals surface area contributed by atoms with Gasteiger partial charge in [0.2, 0.25) is 0 Å². The van der Waals surface area contributed by atoms with Crippen molar-refractivity contribution in [2.75, 3.05) is 11.6 Å². The van der Waals surface area contributed by atoms with Crippen molar-refractivity contribution >= 4 is 12.0 Å². The third-order valence-electron chi connectivity index (χ3n) is 2.27. The first-order valence-electron chi connectivity index (χ1n) is 4.54. The predicted octanol–water partition coefficient (Wildman–Crippen LogP) is 1.11. The topological polar surface area (TPSA) is 32.3 Å². The average molecular weight is 194 g/mol. The van der Waals surface area contributed by atoms with Gasteiger partial charge in [-0.1, -0.05) is 6.07 Å². The molecule has 0 bridgehead atoms. The third-order valence-corrected chi connectivity index (χ3v) is 2.27. The number of carbonyl (C=O) groups excluding carboxylic acids is 1. The molecule has 1 aliphatic rings. The normalized spacial score (nSPS) is 21.2. The Hall–Kier alpha value is -1.42. The minimum Gasteiger partial charge on any atom is -0.308 e. The van der Waals surface area contributed by atoms with Crippen molar-refractivity contribution in [3.8, 4) is 0 Å². The second kappa shape index (κ2) is 3.75. The van der Waals surface area contributed by atoms with E-state index < -0.39 is 0 Å². The Balaban J connectivity index is 2.13. The molecule has 0 amide bonds. The van der Waals surface area contributed by atoms with Crippen LogP contribution in [0.3, 0.4) is 0 Å². The van der Waals surface area contributed by atoms with Crippen molar-refractivity contribution < 1.29 is 9.18 Å². The van der Waals surface area contributed by atoms with Crippen LogP contribution in [0.15, 0.2) is 24.3 Å². The highest BCUT2D eigenvalue weighted by Gasteiger charge is 2.21. The van der Waals surface area contributed by atoms with E-state index >= 15 is 0 Å². The molecule has 3 nitrogen and oxygen atoms in total. The molecule has 1 heterocycles. The summed E-state index contributed by atoms with van der Waals surface area (Å²) in [4.78, 5) is 10.5. The van der Waals surface area contributed by atoms with Gasteiger partial charge in [-0.25, -0.2) is 9.82 Å². The number of hydrazine groups is 1. The molecule has 1 aromatic carbocycles. The molecule has 74 valence electrons. The maximum absolute atomic E-state index is 12.9. The second-order valence-corrected chi connectivity index (χ2v) is 3.29.